The molecule has 0 saturated carbocycles. The van der Waals surface area contributed by atoms with Crippen LogP contribution in [-0.4, -0.2) is 25.8 Å². The second-order valence-corrected chi connectivity index (χ2v) is 4.71. The molecule has 1 unspecified atom stereocenters. The van der Waals surface area contributed by atoms with E-state index in [4.69, 9.17) is 4.74 Å². The van der Waals surface area contributed by atoms with E-state index in [0.29, 0.717) is 6.04 Å². The van der Waals surface area contributed by atoms with E-state index in [2.05, 4.69) is 39.4 Å². The molecular formula is C12H16BrNO. The maximum Gasteiger partial charge on any atom is 0.0620 e. The lowest BCUT2D eigenvalue weighted by molar-refractivity contribution is 0.190. The van der Waals surface area contributed by atoms with Crippen molar-refractivity contribution in [1.29, 1.82) is 0 Å². The smallest absolute Gasteiger partial charge is 0.0620 e. The van der Waals surface area contributed by atoms with Gasteiger partial charge in [0.15, 0.2) is 0 Å². The maximum atomic E-state index is 5.31. The minimum Gasteiger partial charge on any atom is -0.380 e. The summed E-state index contributed by atoms with van der Waals surface area (Å²) in [4.78, 5) is 0. The molecule has 2 nitrogen and oxygen atoms in total. The van der Waals surface area contributed by atoms with Crippen molar-refractivity contribution in [3.63, 3.8) is 0 Å². The summed E-state index contributed by atoms with van der Waals surface area (Å²) in [6.07, 6.45) is 2.22. The van der Waals surface area contributed by atoms with Gasteiger partial charge in [0.1, 0.15) is 0 Å². The van der Waals surface area contributed by atoms with Gasteiger partial charge >= 0.3 is 0 Å². The van der Waals surface area contributed by atoms with Gasteiger partial charge in [0, 0.05) is 17.1 Å². The van der Waals surface area contributed by atoms with Gasteiger partial charge in [-0.3, -0.25) is 0 Å². The Bertz CT molecular complexity index is 310. The van der Waals surface area contributed by atoms with E-state index in [1.54, 1.807) is 0 Å². The Hall–Kier alpha value is -0.380. The highest BCUT2D eigenvalue weighted by Gasteiger charge is 2.13. The first-order chi connectivity index (χ1) is 7.36. The van der Waals surface area contributed by atoms with Crippen molar-refractivity contribution in [2.75, 3.05) is 19.8 Å². The maximum absolute atomic E-state index is 5.31. The van der Waals surface area contributed by atoms with Crippen molar-refractivity contribution in [2.24, 2.45) is 0 Å². The van der Waals surface area contributed by atoms with Gasteiger partial charge in [-0.2, -0.15) is 0 Å². The molecule has 82 valence electrons. The Morgan fingerprint density at radius 3 is 3.00 bits per heavy atom. The number of nitrogens with one attached hydrogen (secondary N) is 1. The molecule has 0 radical (unpaired) electrons. The number of rotatable bonds is 4. The van der Waals surface area contributed by atoms with Crippen LogP contribution in [0.4, 0.5) is 0 Å². The zero-order valence-electron chi connectivity index (χ0n) is 8.71. The number of ether oxygens (including phenoxy) is 1. The van der Waals surface area contributed by atoms with Crippen molar-refractivity contribution in [3.05, 3.63) is 34.3 Å². The predicted molar refractivity (Wildman–Crippen MR) is 65.1 cm³/mol. The van der Waals surface area contributed by atoms with Crippen molar-refractivity contribution in [1.82, 2.24) is 5.32 Å². The highest BCUT2D eigenvalue weighted by Crippen LogP contribution is 2.16. The van der Waals surface area contributed by atoms with Crippen LogP contribution in [0.25, 0.3) is 0 Å². The molecule has 0 aromatic heterocycles. The topological polar surface area (TPSA) is 21.3 Å². The first-order valence-electron chi connectivity index (χ1n) is 5.41. The molecule has 15 heavy (non-hydrogen) atoms. The summed E-state index contributed by atoms with van der Waals surface area (Å²) in [5, 5.41) is 3.51. The summed E-state index contributed by atoms with van der Waals surface area (Å²) in [5.74, 6) is 0. The Balaban J connectivity index is 1.75. The molecule has 1 atom stereocenters. The van der Waals surface area contributed by atoms with E-state index in [1.807, 2.05) is 6.07 Å². The van der Waals surface area contributed by atoms with E-state index in [-0.39, 0.29) is 0 Å². The van der Waals surface area contributed by atoms with Gasteiger partial charge in [0.05, 0.1) is 6.61 Å². The standard InChI is InChI=1S/C12H16BrNO/c13-12-4-2-1-3-10(12)5-7-14-11-6-8-15-9-11/h1-4,11,14H,5-9H2. The largest absolute Gasteiger partial charge is 0.380 e. The average Bonchev–Trinajstić information content (AvgIpc) is 2.74. The van der Waals surface area contributed by atoms with Crippen LogP contribution in [0.1, 0.15) is 12.0 Å². The van der Waals surface area contributed by atoms with E-state index in [9.17, 15) is 0 Å². The molecule has 1 aromatic rings. The fraction of sp³-hybridized carbons (Fsp3) is 0.500. The SMILES string of the molecule is Brc1ccccc1CCNC1CCOC1. The van der Waals surface area contributed by atoms with Gasteiger partial charge in [-0.1, -0.05) is 34.1 Å². The average molecular weight is 270 g/mol. The Morgan fingerprint density at radius 1 is 1.40 bits per heavy atom. The molecule has 1 N–H and O–H groups in total. The summed E-state index contributed by atoms with van der Waals surface area (Å²) in [6.45, 7) is 2.80. The van der Waals surface area contributed by atoms with Crippen LogP contribution in [0.5, 0.6) is 0 Å². The first kappa shape index (κ1) is 11.1. The molecule has 1 saturated heterocycles. The molecule has 1 aromatic carbocycles. The fourth-order valence-corrected chi connectivity index (χ4v) is 2.29. The van der Waals surface area contributed by atoms with Gasteiger partial charge in [-0.25, -0.2) is 0 Å². The number of halogens is 1. The molecule has 3 heteroatoms. The van der Waals surface area contributed by atoms with Crippen LogP contribution in [0.2, 0.25) is 0 Å². The lowest BCUT2D eigenvalue weighted by Crippen LogP contribution is -2.30. The molecule has 1 aliphatic heterocycles. The summed E-state index contributed by atoms with van der Waals surface area (Å²) in [5.41, 5.74) is 1.36. The van der Waals surface area contributed by atoms with Crippen molar-refractivity contribution >= 4 is 15.9 Å². The Kier molecular flexibility index (Phi) is 4.18. The van der Waals surface area contributed by atoms with Crippen LogP contribution in [0, 0.1) is 0 Å². The van der Waals surface area contributed by atoms with Crippen LogP contribution >= 0.6 is 15.9 Å². The molecule has 0 spiro atoms. The van der Waals surface area contributed by atoms with Gasteiger partial charge in [-0.05, 0) is 31.0 Å². The second kappa shape index (κ2) is 5.64. The van der Waals surface area contributed by atoms with Crippen LogP contribution in [0.3, 0.4) is 0 Å². The molecular weight excluding hydrogens is 254 g/mol. The molecule has 1 fully saturated rings. The fourth-order valence-electron chi connectivity index (χ4n) is 1.81. The van der Waals surface area contributed by atoms with Crippen molar-refractivity contribution in [2.45, 2.75) is 18.9 Å². The van der Waals surface area contributed by atoms with Gasteiger partial charge in [0.25, 0.3) is 0 Å². The molecule has 1 heterocycles. The summed E-state index contributed by atoms with van der Waals surface area (Å²) < 4.78 is 6.52. The third kappa shape index (κ3) is 3.30. The van der Waals surface area contributed by atoms with Crippen LogP contribution < -0.4 is 5.32 Å². The predicted octanol–water partition coefficient (Wildman–Crippen LogP) is 2.37. The van der Waals surface area contributed by atoms with Gasteiger partial charge < -0.3 is 10.1 Å². The zero-order chi connectivity index (χ0) is 10.5. The molecule has 0 amide bonds. The zero-order valence-corrected chi connectivity index (χ0v) is 10.3. The summed E-state index contributed by atoms with van der Waals surface area (Å²) in [7, 11) is 0. The van der Waals surface area contributed by atoms with E-state index >= 15 is 0 Å². The number of hydrogen-bond acceptors (Lipinski definition) is 2. The van der Waals surface area contributed by atoms with Gasteiger partial charge in [-0.15, -0.1) is 0 Å². The lowest BCUT2D eigenvalue weighted by atomic mass is 10.1. The highest BCUT2D eigenvalue weighted by atomic mass is 79.9. The normalized spacial score (nSPS) is 20.7. The number of hydrogen-bond donors (Lipinski definition) is 1. The van der Waals surface area contributed by atoms with E-state index < -0.39 is 0 Å². The monoisotopic (exact) mass is 269 g/mol. The Morgan fingerprint density at radius 2 is 2.27 bits per heavy atom. The quantitative estimate of drug-likeness (QED) is 0.907. The molecule has 0 aliphatic carbocycles. The first-order valence-corrected chi connectivity index (χ1v) is 6.20. The second-order valence-electron chi connectivity index (χ2n) is 3.86. The number of benzene rings is 1. The summed E-state index contributed by atoms with van der Waals surface area (Å²) >= 11 is 3.56. The van der Waals surface area contributed by atoms with Crippen LogP contribution in [0.15, 0.2) is 28.7 Å². The minimum atomic E-state index is 0.562. The molecule has 1 aliphatic rings. The third-order valence-corrected chi connectivity index (χ3v) is 3.49. The molecule has 2 rings (SSSR count). The lowest BCUT2D eigenvalue weighted by Gasteiger charge is -2.10. The van der Waals surface area contributed by atoms with Crippen LogP contribution in [-0.2, 0) is 11.2 Å². The minimum absolute atomic E-state index is 0.562. The van der Waals surface area contributed by atoms with Crippen molar-refractivity contribution in [3.8, 4) is 0 Å². The van der Waals surface area contributed by atoms with Gasteiger partial charge in [0.2, 0.25) is 0 Å². The highest BCUT2D eigenvalue weighted by molar-refractivity contribution is 9.10. The van der Waals surface area contributed by atoms with E-state index in [0.717, 1.165) is 32.6 Å². The Labute approximate surface area is 99.1 Å². The van der Waals surface area contributed by atoms with E-state index in [1.165, 1.54) is 10.0 Å². The summed E-state index contributed by atoms with van der Waals surface area (Å²) in [6, 6.07) is 8.95. The molecule has 0 bridgehead atoms. The van der Waals surface area contributed by atoms with Crippen molar-refractivity contribution < 1.29 is 4.74 Å². The third-order valence-electron chi connectivity index (χ3n) is 2.71.